The van der Waals surface area contributed by atoms with Gasteiger partial charge in [-0.05, 0) is 52.6 Å². The van der Waals surface area contributed by atoms with Crippen molar-refractivity contribution in [2.45, 2.75) is 59.0 Å². The van der Waals surface area contributed by atoms with Crippen LogP contribution >= 0.6 is 0 Å². The summed E-state index contributed by atoms with van der Waals surface area (Å²) in [6.07, 6.45) is 3.71. The van der Waals surface area contributed by atoms with E-state index in [1.54, 1.807) is 0 Å². The van der Waals surface area contributed by atoms with E-state index in [0.717, 1.165) is 30.2 Å². The molecular formula is C16H25N5. The zero-order valence-electron chi connectivity index (χ0n) is 13.5. The summed E-state index contributed by atoms with van der Waals surface area (Å²) in [7, 11) is 0. The highest BCUT2D eigenvalue weighted by molar-refractivity contribution is 5.58. The maximum absolute atomic E-state index is 9.50. The Morgan fingerprint density at radius 3 is 2.67 bits per heavy atom. The maximum atomic E-state index is 9.50. The zero-order chi connectivity index (χ0) is 15.4. The number of piperidine rings is 1. The van der Waals surface area contributed by atoms with Gasteiger partial charge in [0.15, 0.2) is 5.82 Å². The van der Waals surface area contributed by atoms with Gasteiger partial charge in [0.05, 0.1) is 5.69 Å². The fourth-order valence-corrected chi connectivity index (χ4v) is 2.79. The van der Waals surface area contributed by atoms with Gasteiger partial charge in [-0.2, -0.15) is 10.4 Å². The van der Waals surface area contributed by atoms with Crippen LogP contribution in [0, 0.1) is 25.2 Å². The predicted molar refractivity (Wildman–Crippen MR) is 84.3 cm³/mol. The first kappa shape index (κ1) is 15.7. The van der Waals surface area contributed by atoms with E-state index in [1.807, 2.05) is 13.8 Å². The number of nitrogens with one attached hydrogen (secondary N) is 1. The quantitative estimate of drug-likeness (QED) is 0.920. The molecule has 1 atom stereocenters. The minimum absolute atomic E-state index is 0.289. The van der Waals surface area contributed by atoms with Crippen molar-refractivity contribution in [2.75, 3.05) is 18.0 Å². The summed E-state index contributed by atoms with van der Waals surface area (Å²) in [4.78, 5) is 2.21. The van der Waals surface area contributed by atoms with Gasteiger partial charge in [0.25, 0.3) is 0 Å². The highest BCUT2D eigenvalue weighted by Gasteiger charge is 2.23. The monoisotopic (exact) mass is 287 g/mol. The molecule has 2 heterocycles. The second kappa shape index (κ2) is 6.86. The second-order valence-corrected chi connectivity index (χ2v) is 6.11. The Kier molecular flexibility index (Phi) is 5.13. The molecule has 0 aromatic carbocycles. The number of aromatic nitrogens is 2. The summed E-state index contributed by atoms with van der Waals surface area (Å²) in [6, 6.07) is 3.07. The lowest BCUT2D eigenvalue weighted by Crippen LogP contribution is -2.46. The summed E-state index contributed by atoms with van der Waals surface area (Å²) in [5.41, 5.74) is 2.42. The topological polar surface area (TPSA) is 64.8 Å². The normalized spacial score (nSPS) is 18.6. The summed E-state index contributed by atoms with van der Waals surface area (Å²) in [5.74, 6) is 0.725. The Hall–Kier alpha value is -1.67. The van der Waals surface area contributed by atoms with E-state index >= 15 is 0 Å². The van der Waals surface area contributed by atoms with Crippen LogP contribution in [0.4, 0.5) is 5.82 Å². The number of hydrogen-bond acceptors (Lipinski definition) is 5. The number of hydrogen-bond donors (Lipinski definition) is 1. The summed E-state index contributed by atoms with van der Waals surface area (Å²) in [5, 5.41) is 21.6. The highest BCUT2D eigenvalue weighted by Crippen LogP contribution is 2.24. The lowest BCUT2D eigenvalue weighted by molar-refractivity contribution is 0.392. The number of nitriles is 1. The van der Waals surface area contributed by atoms with Crippen molar-refractivity contribution in [2.24, 2.45) is 0 Å². The Morgan fingerprint density at radius 2 is 2.10 bits per heavy atom. The predicted octanol–water partition coefficient (Wildman–Crippen LogP) is 2.32. The molecule has 1 fully saturated rings. The smallest absolute Gasteiger partial charge is 0.169 e. The van der Waals surface area contributed by atoms with Gasteiger partial charge >= 0.3 is 0 Å². The molecule has 0 amide bonds. The lowest BCUT2D eigenvalue weighted by atomic mass is 10.0. The van der Waals surface area contributed by atoms with E-state index in [9.17, 15) is 5.26 Å². The van der Waals surface area contributed by atoms with Crippen LogP contribution in [-0.4, -0.2) is 35.4 Å². The molecule has 1 aromatic heterocycles. The van der Waals surface area contributed by atoms with Crippen molar-refractivity contribution in [3.8, 4) is 6.07 Å². The molecule has 1 unspecified atom stereocenters. The van der Waals surface area contributed by atoms with E-state index in [1.165, 1.54) is 19.3 Å². The number of aryl methyl sites for hydroxylation is 1. The van der Waals surface area contributed by atoms with Crippen LogP contribution in [0.1, 0.15) is 49.9 Å². The van der Waals surface area contributed by atoms with Crippen LogP contribution < -0.4 is 10.2 Å². The van der Waals surface area contributed by atoms with Crippen molar-refractivity contribution in [1.82, 2.24) is 15.5 Å². The third-order valence-electron chi connectivity index (χ3n) is 4.27. The van der Waals surface area contributed by atoms with E-state index in [4.69, 9.17) is 0 Å². The fourth-order valence-electron chi connectivity index (χ4n) is 2.79. The van der Waals surface area contributed by atoms with Gasteiger partial charge in [-0.25, -0.2) is 0 Å². The summed E-state index contributed by atoms with van der Waals surface area (Å²) in [6.45, 7) is 10.1. The van der Waals surface area contributed by atoms with Crippen molar-refractivity contribution < 1.29 is 0 Å². The third kappa shape index (κ3) is 3.51. The van der Waals surface area contributed by atoms with E-state index in [-0.39, 0.29) is 6.04 Å². The Balaban J connectivity index is 2.30. The molecule has 1 saturated heterocycles. The zero-order valence-corrected chi connectivity index (χ0v) is 13.5. The molecule has 21 heavy (non-hydrogen) atoms. The van der Waals surface area contributed by atoms with E-state index < -0.39 is 0 Å². The van der Waals surface area contributed by atoms with Crippen LogP contribution in [0.3, 0.4) is 0 Å². The van der Waals surface area contributed by atoms with Gasteiger partial charge in [0, 0.05) is 18.6 Å². The molecule has 2 rings (SSSR count). The number of nitrogens with zero attached hydrogens (tertiary/aromatic N) is 4. The Bertz CT molecular complexity index is 526. The summed E-state index contributed by atoms with van der Waals surface area (Å²) < 4.78 is 0. The Labute approximate surface area is 127 Å². The first-order chi connectivity index (χ1) is 10.0. The molecule has 5 nitrogen and oxygen atoms in total. The molecule has 1 aliphatic rings. The van der Waals surface area contributed by atoms with Crippen LogP contribution in [0.2, 0.25) is 0 Å². The van der Waals surface area contributed by atoms with Crippen molar-refractivity contribution in [3.63, 3.8) is 0 Å². The molecule has 0 saturated carbocycles. The minimum atomic E-state index is 0.289. The average Bonchev–Trinajstić information content (AvgIpc) is 2.48. The summed E-state index contributed by atoms with van der Waals surface area (Å²) >= 11 is 0. The molecule has 0 aliphatic carbocycles. The minimum Gasteiger partial charge on any atom is -0.350 e. The van der Waals surface area contributed by atoms with Crippen molar-refractivity contribution in [3.05, 3.63) is 16.8 Å². The fraction of sp³-hybridized carbons (Fsp3) is 0.688. The SMILES string of the molecule is Cc1nnc(N(CC2CCCCN2)C(C)C)c(C#N)c1C. The third-order valence-corrected chi connectivity index (χ3v) is 4.27. The Morgan fingerprint density at radius 1 is 1.33 bits per heavy atom. The van der Waals surface area contributed by atoms with Gasteiger partial charge in [-0.3, -0.25) is 0 Å². The lowest BCUT2D eigenvalue weighted by Gasteiger charge is -2.34. The average molecular weight is 287 g/mol. The van der Waals surface area contributed by atoms with Crippen molar-refractivity contribution in [1.29, 1.82) is 5.26 Å². The molecule has 1 N–H and O–H groups in total. The van der Waals surface area contributed by atoms with Crippen LogP contribution in [-0.2, 0) is 0 Å². The first-order valence-electron chi connectivity index (χ1n) is 7.78. The molecular weight excluding hydrogens is 262 g/mol. The molecule has 0 radical (unpaired) electrons. The van der Waals surface area contributed by atoms with Crippen LogP contribution in [0.25, 0.3) is 0 Å². The highest BCUT2D eigenvalue weighted by atomic mass is 15.3. The van der Waals surface area contributed by atoms with Crippen molar-refractivity contribution >= 4 is 5.82 Å². The van der Waals surface area contributed by atoms with Crippen LogP contribution in [0.15, 0.2) is 0 Å². The van der Waals surface area contributed by atoms with Gasteiger partial charge in [-0.1, -0.05) is 6.42 Å². The van der Waals surface area contributed by atoms with Gasteiger partial charge < -0.3 is 10.2 Å². The van der Waals surface area contributed by atoms with E-state index in [0.29, 0.717) is 11.6 Å². The largest absolute Gasteiger partial charge is 0.350 e. The standard InChI is InChI=1S/C16H25N5/c1-11(2)21(10-14-7-5-6-8-18-14)16-15(9-17)12(3)13(4)19-20-16/h11,14,18H,5-8,10H2,1-4H3. The van der Waals surface area contributed by atoms with Crippen LogP contribution in [0.5, 0.6) is 0 Å². The molecule has 1 aliphatic heterocycles. The van der Waals surface area contributed by atoms with Gasteiger partial charge in [0.1, 0.15) is 11.6 Å². The molecule has 5 heteroatoms. The number of anilines is 1. The number of rotatable bonds is 4. The molecule has 0 bridgehead atoms. The molecule has 1 aromatic rings. The van der Waals surface area contributed by atoms with Gasteiger partial charge in [0.2, 0.25) is 0 Å². The van der Waals surface area contributed by atoms with E-state index in [2.05, 4.69) is 40.3 Å². The molecule has 0 spiro atoms. The molecule has 114 valence electrons. The second-order valence-electron chi connectivity index (χ2n) is 6.11. The first-order valence-corrected chi connectivity index (χ1v) is 7.78. The maximum Gasteiger partial charge on any atom is 0.169 e. The van der Waals surface area contributed by atoms with Gasteiger partial charge in [-0.15, -0.1) is 5.10 Å².